The summed E-state index contributed by atoms with van der Waals surface area (Å²) in [7, 11) is 0. The Bertz CT molecular complexity index is 798. The Morgan fingerprint density at radius 2 is 1.92 bits per heavy atom. The summed E-state index contributed by atoms with van der Waals surface area (Å²) in [6.07, 6.45) is 1.65. The van der Waals surface area contributed by atoms with Crippen LogP contribution in [-0.4, -0.2) is 51.8 Å². The summed E-state index contributed by atoms with van der Waals surface area (Å²) in [5.74, 6) is -2.87. The first-order valence-electron chi connectivity index (χ1n) is 7.68. The Labute approximate surface area is 143 Å². The van der Waals surface area contributed by atoms with Crippen LogP contribution in [0, 0.1) is 0 Å². The molecule has 2 atom stereocenters. The maximum Gasteiger partial charge on any atom is 0.328 e. The molecule has 0 bridgehead atoms. The van der Waals surface area contributed by atoms with E-state index in [4.69, 9.17) is 5.11 Å². The van der Waals surface area contributed by atoms with Gasteiger partial charge in [0.25, 0.3) is 0 Å². The second kappa shape index (κ2) is 8.09. The third-order valence-electron chi connectivity index (χ3n) is 3.88. The fraction of sp³-hybridized carbons (Fsp3) is 0.294. The van der Waals surface area contributed by atoms with Gasteiger partial charge in [0.2, 0.25) is 5.91 Å². The van der Waals surface area contributed by atoms with Crippen molar-refractivity contribution < 1.29 is 24.6 Å². The SMILES string of the molecule is C=N[C@H](CCC(=O)N[C@H](Cc1c[nH]c2ccccc12)C(=O)O)C(=O)O. The van der Waals surface area contributed by atoms with Gasteiger partial charge in [0.15, 0.2) is 0 Å². The second-order valence-electron chi connectivity index (χ2n) is 5.60. The fourth-order valence-electron chi connectivity index (χ4n) is 2.55. The largest absolute Gasteiger partial charge is 0.480 e. The number of aromatic nitrogens is 1. The molecule has 1 aromatic carbocycles. The molecule has 0 radical (unpaired) electrons. The van der Waals surface area contributed by atoms with Crippen LogP contribution >= 0.6 is 0 Å². The molecule has 0 saturated heterocycles. The van der Waals surface area contributed by atoms with Crippen LogP contribution in [0.1, 0.15) is 18.4 Å². The van der Waals surface area contributed by atoms with Gasteiger partial charge in [-0.2, -0.15) is 0 Å². The molecule has 25 heavy (non-hydrogen) atoms. The number of carboxylic acids is 2. The Balaban J connectivity index is 2.01. The quantitative estimate of drug-likeness (QED) is 0.507. The monoisotopic (exact) mass is 345 g/mol. The van der Waals surface area contributed by atoms with Crippen molar-refractivity contribution in [1.29, 1.82) is 0 Å². The van der Waals surface area contributed by atoms with Gasteiger partial charge >= 0.3 is 11.9 Å². The van der Waals surface area contributed by atoms with Gasteiger partial charge in [0, 0.05) is 29.9 Å². The highest BCUT2D eigenvalue weighted by molar-refractivity contribution is 5.87. The second-order valence-corrected chi connectivity index (χ2v) is 5.60. The Morgan fingerprint density at radius 3 is 2.56 bits per heavy atom. The lowest BCUT2D eigenvalue weighted by atomic mass is 10.0. The maximum absolute atomic E-state index is 12.0. The molecule has 0 saturated carbocycles. The number of aliphatic carboxylic acids is 2. The summed E-state index contributed by atoms with van der Waals surface area (Å²) >= 11 is 0. The zero-order chi connectivity index (χ0) is 18.4. The minimum absolute atomic E-state index is 0.0376. The molecule has 0 fully saturated rings. The van der Waals surface area contributed by atoms with E-state index in [2.05, 4.69) is 22.0 Å². The summed E-state index contributed by atoms with van der Waals surface area (Å²) in [6, 6.07) is 5.28. The Hall–Kier alpha value is -3.16. The summed E-state index contributed by atoms with van der Waals surface area (Å²) in [5.41, 5.74) is 1.66. The van der Waals surface area contributed by atoms with Crippen LogP contribution in [0.25, 0.3) is 10.9 Å². The van der Waals surface area contributed by atoms with E-state index in [1.807, 2.05) is 24.3 Å². The molecule has 1 amide bonds. The number of nitrogens with one attached hydrogen (secondary N) is 2. The lowest BCUT2D eigenvalue weighted by molar-refractivity contribution is -0.142. The molecule has 8 heteroatoms. The molecule has 0 aliphatic heterocycles. The number of para-hydroxylation sites is 1. The Kier molecular flexibility index (Phi) is 5.89. The van der Waals surface area contributed by atoms with Crippen molar-refractivity contribution in [2.75, 3.05) is 0 Å². The van der Waals surface area contributed by atoms with Gasteiger partial charge in [0.05, 0.1) is 0 Å². The van der Waals surface area contributed by atoms with E-state index in [-0.39, 0.29) is 19.3 Å². The number of carbonyl (C=O) groups is 3. The number of hydrogen-bond donors (Lipinski definition) is 4. The highest BCUT2D eigenvalue weighted by Crippen LogP contribution is 2.19. The van der Waals surface area contributed by atoms with Crippen LogP contribution < -0.4 is 5.32 Å². The minimum Gasteiger partial charge on any atom is -0.480 e. The number of aromatic amines is 1. The smallest absolute Gasteiger partial charge is 0.328 e. The van der Waals surface area contributed by atoms with Gasteiger partial charge < -0.3 is 20.5 Å². The summed E-state index contributed by atoms with van der Waals surface area (Å²) in [5, 5.41) is 21.5. The van der Waals surface area contributed by atoms with Crippen molar-refractivity contribution in [3.8, 4) is 0 Å². The molecular weight excluding hydrogens is 326 g/mol. The lowest BCUT2D eigenvalue weighted by Gasteiger charge is -2.15. The summed E-state index contributed by atoms with van der Waals surface area (Å²) in [4.78, 5) is 40.7. The molecule has 4 N–H and O–H groups in total. The van der Waals surface area contributed by atoms with Crippen molar-refractivity contribution in [3.05, 3.63) is 36.0 Å². The molecule has 2 rings (SSSR count). The van der Waals surface area contributed by atoms with E-state index < -0.39 is 29.9 Å². The molecule has 0 aliphatic rings. The zero-order valence-electron chi connectivity index (χ0n) is 13.4. The number of carbonyl (C=O) groups excluding carboxylic acids is 1. The molecule has 0 aliphatic carbocycles. The first-order chi connectivity index (χ1) is 11.9. The Morgan fingerprint density at radius 1 is 1.20 bits per heavy atom. The number of amides is 1. The predicted octanol–water partition coefficient (Wildman–Crippen LogP) is 1.21. The molecule has 2 aromatic rings. The van der Waals surface area contributed by atoms with E-state index in [1.165, 1.54) is 0 Å². The predicted molar refractivity (Wildman–Crippen MR) is 91.8 cm³/mol. The van der Waals surface area contributed by atoms with Crippen LogP contribution in [-0.2, 0) is 20.8 Å². The average molecular weight is 345 g/mol. The van der Waals surface area contributed by atoms with Gasteiger partial charge in [-0.05, 0) is 24.8 Å². The topological polar surface area (TPSA) is 132 Å². The van der Waals surface area contributed by atoms with Crippen LogP contribution in [0.3, 0.4) is 0 Å². The normalized spacial score (nSPS) is 13.1. The number of H-pyrrole nitrogens is 1. The standard InChI is InChI=1S/C17H19N3O5/c1-18-13(16(22)23)6-7-15(21)20-14(17(24)25)8-10-9-19-12-5-3-2-4-11(10)12/h2-5,9,13-14,19H,1,6-8H2,(H,20,21)(H,22,23)(H,24,25)/t13-,14-/m1/s1. The number of benzene rings is 1. The van der Waals surface area contributed by atoms with Gasteiger partial charge in [-0.25, -0.2) is 9.59 Å². The van der Waals surface area contributed by atoms with Crippen LogP contribution in [0.2, 0.25) is 0 Å². The first-order valence-corrected chi connectivity index (χ1v) is 7.68. The van der Waals surface area contributed by atoms with Crippen LogP contribution in [0.15, 0.2) is 35.5 Å². The highest BCUT2D eigenvalue weighted by Gasteiger charge is 2.23. The average Bonchev–Trinajstić information content (AvgIpc) is 2.97. The third kappa shape index (κ3) is 4.66. The molecule has 8 nitrogen and oxygen atoms in total. The lowest BCUT2D eigenvalue weighted by Crippen LogP contribution is -2.42. The maximum atomic E-state index is 12.0. The van der Waals surface area contributed by atoms with Crippen molar-refractivity contribution in [2.45, 2.75) is 31.3 Å². The number of nitrogens with zero attached hydrogens (tertiary/aromatic N) is 1. The molecule has 1 heterocycles. The van der Waals surface area contributed by atoms with Gasteiger partial charge in [0.1, 0.15) is 12.1 Å². The minimum atomic E-state index is -1.17. The van der Waals surface area contributed by atoms with Gasteiger partial charge in [-0.3, -0.25) is 9.79 Å². The van der Waals surface area contributed by atoms with Crippen molar-refractivity contribution >= 4 is 35.5 Å². The van der Waals surface area contributed by atoms with E-state index in [0.717, 1.165) is 16.5 Å². The van der Waals surface area contributed by atoms with Crippen molar-refractivity contribution in [1.82, 2.24) is 10.3 Å². The van der Waals surface area contributed by atoms with Gasteiger partial charge in [-0.15, -0.1) is 0 Å². The van der Waals surface area contributed by atoms with Crippen LogP contribution in [0.4, 0.5) is 0 Å². The number of fused-ring (bicyclic) bond motifs is 1. The van der Waals surface area contributed by atoms with Crippen molar-refractivity contribution in [3.63, 3.8) is 0 Å². The molecule has 1 aromatic heterocycles. The van der Waals surface area contributed by atoms with Gasteiger partial charge in [-0.1, -0.05) is 18.2 Å². The van der Waals surface area contributed by atoms with E-state index in [1.54, 1.807) is 6.20 Å². The molecule has 132 valence electrons. The first kappa shape index (κ1) is 18.2. The molecule has 0 unspecified atom stereocenters. The van der Waals surface area contributed by atoms with Crippen LogP contribution in [0.5, 0.6) is 0 Å². The van der Waals surface area contributed by atoms with Crippen molar-refractivity contribution in [2.24, 2.45) is 4.99 Å². The van der Waals surface area contributed by atoms with E-state index >= 15 is 0 Å². The zero-order valence-corrected chi connectivity index (χ0v) is 13.4. The highest BCUT2D eigenvalue weighted by atomic mass is 16.4. The molecule has 0 spiro atoms. The molecular formula is C17H19N3O5. The number of hydrogen-bond acceptors (Lipinski definition) is 4. The van der Waals surface area contributed by atoms with E-state index in [0.29, 0.717) is 0 Å². The number of carboxylic acid groups (broad SMARTS) is 2. The summed E-state index contributed by atoms with van der Waals surface area (Å²) in [6.45, 7) is 3.17. The number of aliphatic imine (C=N–C) groups is 1. The fourth-order valence-corrected chi connectivity index (χ4v) is 2.55. The number of rotatable bonds is 9. The summed E-state index contributed by atoms with van der Waals surface area (Å²) < 4.78 is 0. The third-order valence-corrected chi connectivity index (χ3v) is 3.88. The van der Waals surface area contributed by atoms with E-state index in [9.17, 15) is 19.5 Å².